The van der Waals surface area contributed by atoms with Gasteiger partial charge in [0.1, 0.15) is 12.6 Å². The van der Waals surface area contributed by atoms with Crippen LogP contribution < -0.4 is 9.62 Å². The Kier molecular flexibility index (Phi) is 9.48. The molecule has 0 fully saturated rings. The summed E-state index contributed by atoms with van der Waals surface area (Å²) in [6.07, 6.45) is 1.47. The number of amides is 2. The minimum absolute atomic E-state index is 0.200. The summed E-state index contributed by atoms with van der Waals surface area (Å²) in [5.41, 5.74) is 3.19. The molecule has 0 aliphatic carbocycles. The van der Waals surface area contributed by atoms with E-state index in [0.29, 0.717) is 18.7 Å². The maximum Gasteiger partial charge on any atom is 0.244 e. The molecule has 2 aromatic rings. The second-order valence-electron chi connectivity index (χ2n) is 8.03. The number of hydrogen-bond donors (Lipinski definition) is 1. The minimum Gasteiger partial charge on any atom is -0.355 e. The molecule has 1 N–H and O–H groups in total. The lowest BCUT2D eigenvalue weighted by atomic mass is 10.1. The fourth-order valence-corrected chi connectivity index (χ4v) is 4.59. The first kappa shape index (κ1) is 26.9. The van der Waals surface area contributed by atoms with Gasteiger partial charge >= 0.3 is 0 Å². The Morgan fingerprint density at radius 2 is 1.70 bits per heavy atom. The Morgan fingerprint density at radius 3 is 2.21 bits per heavy atom. The van der Waals surface area contributed by atoms with Crippen molar-refractivity contribution >= 4 is 43.5 Å². The third kappa shape index (κ3) is 7.30. The van der Waals surface area contributed by atoms with E-state index in [1.165, 1.54) is 4.90 Å². The number of hydrogen-bond acceptors (Lipinski definition) is 4. The second-order valence-corrected chi connectivity index (χ2v) is 10.8. The zero-order valence-corrected chi connectivity index (χ0v) is 22.2. The van der Waals surface area contributed by atoms with Gasteiger partial charge in [0.15, 0.2) is 0 Å². The highest BCUT2D eigenvalue weighted by molar-refractivity contribution is 9.10. The molecule has 0 radical (unpaired) electrons. The number of carbonyl (C=O) groups is 2. The van der Waals surface area contributed by atoms with E-state index in [9.17, 15) is 18.0 Å². The van der Waals surface area contributed by atoms with Crippen LogP contribution in [0.25, 0.3) is 0 Å². The summed E-state index contributed by atoms with van der Waals surface area (Å²) in [5.74, 6) is -0.703. The van der Waals surface area contributed by atoms with Crippen LogP contribution in [0.1, 0.15) is 37.0 Å². The van der Waals surface area contributed by atoms with Gasteiger partial charge in [-0.05, 0) is 56.5 Å². The van der Waals surface area contributed by atoms with Crippen LogP contribution in [0.15, 0.2) is 46.9 Å². The standard InChI is InChI=1S/C24H32BrN3O4S/c1-6-22(24(30)26-7-2)27(15-19-10-8-17(3)9-11-19)23(29)16-28(33(5,31)32)20-12-13-21(25)18(4)14-20/h8-14,22H,6-7,15-16H2,1-5H3,(H,26,30)/t22-/m0/s1. The maximum absolute atomic E-state index is 13.5. The van der Waals surface area contributed by atoms with Gasteiger partial charge in [0.05, 0.1) is 11.9 Å². The summed E-state index contributed by atoms with van der Waals surface area (Å²) in [4.78, 5) is 27.8. The van der Waals surface area contributed by atoms with Crippen molar-refractivity contribution in [3.63, 3.8) is 0 Å². The van der Waals surface area contributed by atoms with Crippen LogP contribution in [0.2, 0.25) is 0 Å². The molecule has 180 valence electrons. The molecule has 2 rings (SSSR count). The minimum atomic E-state index is -3.75. The number of rotatable bonds is 10. The molecule has 1 atom stereocenters. The van der Waals surface area contributed by atoms with Crippen molar-refractivity contribution in [1.29, 1.82) is 0 Å². The number of sulfonamides is 1. The number of aryl methyl sites for hydroxylation is 2. The third-order valence-corrected chi connectivity index (χ3v) is 7.35. The van der Waals surface area contributed by atoms with E-state index in [4.69, 9.17) is 0 Å². The number of halogens is 1. The maximum atomic E-state index is 13.5. The molecule has 0 aliphatic heterocycles. The smallest absolute Gasteiger partial charge is 0.244 e. The Balaban J connectivity index is 2.44. The van der Waals surface area contributed by atoms with E-state index in [0.717, 1.165) is 31.7 Å². The molecule has 2 amide bonds. The lowest BCUT2D eigenvalue weighted by Crippen LogP contribution is -2.52. The molecular formula is C24H32BrN3O4S. The van der Waals surface area contributed by atoms with Gasteiger partial charge in [-0.25, -0.2) is 8.42 Å². The average molecular weight is 539 g/mol. The molecule has 0 heterocycles. The Labute approximate surface area is 205 Å². The van der Waals surface area contributed by atoms with Crippen molar-refractivity contribution in [2.45, 2.75) is 46.7 Å². The highest BCUT2D eigenvalue weighted by atomic mass is 79.9. The van der Waals surface area contributed by atoms with Crippen LogP contribution in [-0.2, 0) is 26.2 Å². The summed E-state index contributed by atoms with van der Waals surface area (Å²) in [5, 5.41) is 2.79. The first-order valence-electron chi connectivity index (χ1n) is 10.8. The lowest BCUT2D eigenvalue weighted by molar-refractivity contribution is -0.140. The van der Waals surface area contributed by atoms with E-state index in [-0.39, 0.29) is 12.5 Å². The van der Waals surface area contributed by atoms with Gasteiger partial charge in [-0.15, -0.1) is 0 Å². The predicted molar refractivity (Wildman–Crippen MR) is 136 cm³/mol. The van der Waals surface area contributed by atoms with E-state index >= 15 is 0 Å². The van der Waals surface area contributed by atoms with Crippen LogP contribution in [0.5, 0.6) is 0 Å². The van der Waals surface area contributed by atoms with Crippen LogP contribution in [-0.4, -0.2) is 50.5 Å². The normalized spacial score (nSPS) is 12.2. The molecule has 0 aromatic heterocycles. The van der Waals surface area contributed by atoms with Crippen LogP contribution in [0.4, 0.5) is 5.69 Å². The molecule has 7 nitrogen and oxygen atoms in total. The van der Waals surface area contributed by atoms with E-state index in [1.54, 1.807) is 18.2 Å². The molecule has 0 saturated heterocycles. The zero-order valence-electron chi connectivity index (χ0n) is 19.8. The number of nitrogens with one attached hydrogen (secondary N) is 1. The monoisotopic (exact) mass is 537 g/mol. The molecular weight excluding hydrogens is 506 g/mol. The highest BCUT2D eigenvalue weighted by Crippen LogP contribution is 2.25. The summed E-state index contributed by atoms with van der Waals surface area (Å²) in [7, 11) is -3.75. The van der Waals surface area contributed by atoms with Crippen LogP contribution in [0, 0.1) is 13.8 Å². The van der Waals surface area contributed by atoms with Crippen LogP contribution >= 0.6 is 15.9 Å². The molecule has 9 heteroatoms. The molecule has 0 bridgehead atoms. The zero-order chi connectivity index (χ0) is 24.8. The molecule has 2 aromatic carbocycles. The molecule has 0 saturated carbocycles. The third-order valence-electron chi connectivity index (χ3n) is 5.32. The Morgan fingerprint density at radius 1 is 1.06 bits per heavy atom. The highest BCUT2D eigenvalue weighted by Gasteiger charge is 2.31. The number of carbonyl (C=O) groups excluding carboxylic acids is 2. The lowest BCUT2D eigenvalue weighted by Gasteiger charge is -2.33. The fraction of sp³-hybridized carbons (Fsp3) is 0.417. The number of likely N-dealkylation sites (N-methyl/N-ethyl adjacent to an activating group) is 1. The summed E-state index contributed by atoms with van der Waals surface area (Å²) in [6.45, 7) is 7.71. The largest absolute Gasteiger partial charge is 0.355 e. The van der Waals surface area contributed by atoms with Gasteiger partial charge in [-0.2, -0.15) is 0 Å². The SMILES string of the molecule is CCNC(=O)[C@H](CC)N(Cc1ccc(C)cc1)C(=O)CN(c1ccc(Br)c(C)c1)S(C)(=O)=O. The van der Waals surface area contributed by atoms with E-state index < -0.39 is 28.5 Å². The molecule has 0 aliphatic rings. The van der Waals surface area contributed by atoms with Gasteiger partial charge in [0.2, 0.25) is 21.8 Å². The quantitative estimate of drug-likeness (QED) is 0.499. The van der Waals surface area contributed by atoms with Crippen molar-refractivity contribution in [1.82, 2.24) is 10.2 Å². The topological polar surface area (TPSA) is 86.8 Å². The number of nitrogens with zero attached hydrogens (tertiary/aromatic N) is 2. The first-order valence-corrected chi connectivity index (χ1v) is 13.5. The molecule has 0 spiro atoms. The van der Waals surface area contributed by atoms with Gasteiger partial charge in [-0.1, -0.05) is 52.7 Å². The predicted octanol–water partition coefficient (Wildman–Crippen LogP) is 3.78. The van der Waals surface area contributed by atoms with Crippen molar-refractivity contribution in [2.24, 2.45) is 0 Å². The van der Waals surface area contributed by atoms with Gasteiger partial charge in [0, 0.05) is 17.6 Å². The van der Waals surface area contributed by atoms with Crippen molar-refractivity contribution in [2.75, 3.05) is 23.7 Å². The molecule has 33 heavy (non-hydrogen) atoms. The fourth-order valence-electron chi connectivity index (χ4n) is 3.50. The van der Waals surface area contributed by atoms with Crippen LogP contribution in [0.3, 0.4) is 0 Å². The Bertz CT molecular complexity index is 1090. The van der Waals surface area contributed by atoms with Crippen molar-refractivity contribution in [3.8, 4) is 0 Å². The number of anilines is 1. The van der Waals surface area contributed by atoms with Crippen molar-refractivity contribution < 1.29 is 18.0 Å². The van der Waals surface area contributed by atoms with E-state index in [2.05, 4.69) is 21.2 Å². The summed E-state index contributed by atoms with van der Waals surface area (Å²) < 4.78 is 27.2. The Hall–Kier alpha value is -2.39. The van der Waals surface area contributed by atoms with Gasteiger partial charge < -0.3 is 10.2 Å². The van der Waals surface area contributed by atoms with E-state index in [1.807, 2.05) is 52.0 Å². The van der Waals surface area contributed by atoms with Crippen molar-refractivity contribution in [3.05, 3.63) is 63.6 Å². The summed E-state index contributed by atoms with van der Waals surface area (Å²) in [6, 6.07) is 12.1. The second kappa shape index (κ2) is 11.7. The molecule has 0 unspecified atom stereocenters. The first-order chi connectivity index (χ1) is 15.5. The number of benzene rings is 2. The van der Waals surface area contributed by atoms with Gasteiger partial charge in [-0.3, -0.25) is 13.9 Å². The summed E-state index contributed by atoms with van der Waals surface area (Å²) >= 11 is 3.42. The average Bonchev–Trinajstić information content (AvgIpc) is 2.74. The van der Waals surface area contributed by atoms with Gasteiger partial charge in [0.25, 0.3) is 0 Å².